The molecule has 2 saturated heterocycles. The summed E-state index contributed by atoms with van der Waals surface area (Å²) in [6.45, 7) is 5.63. The van der Waals surface area contributed by atoms with Gasteiger partial charge in [-0.3, -0.25) is 9.59 Å². The van der Waals surface area contributed by atoms with E-state index in [2.05, 4.69) is 4.72 Å². The normalized spacial score (nSPS) is 21.8. The average Bonchev–Trinajstić information content (AvgIpc) is 3.07. The summed E-state index contributed by atoms with van der Waals surface area (Å²) >= 11 is 5.86. The van der Waals surface area contributed by atoms with Crippen LogP contribution in [-0.2, 0) is 24.3 Å². The highest BCUT2D eigenvalue weighted by Gasteiger charge is 2.39. The molecule has 0 unspecified atom stereocenters. The van der Waals surface area contributed by atoms with E-state index in [1.807, 2.05) is 0 Å². The molecule has 1 aromatic rings. The number of hydrogen-bond donors (Lipinski definition) is 1. The van der Waals surface area contributed by atoms with Crippen LogP contribution in [0, 0.1) is 0 Å². The molecule has 0 bridgehead atoms. The monoisotopic (exact) mass is 455 g/mol. The van der Waals surface area contributed by atoms with Gasteiger partial charge in [-0.15, -0.1) is 0 Å². The number of benzene rings is 1. The van der Waals surface area contributed by atoms with Gasteiger partial charge in [0.15, 0.2) is 0 Å². The number of hydrogen-bond acceptors (Lipinski definition) is 5. The Hall–Kier alpha value is -1.94. The number of nitrogens with zero attached hydrogens (tertiary/aromatic N) is 2. The number of morpholine rings is 1. The van der Waals surface area contributed by atoms with Gasteiger partial charge in [-0.1, -0.05) is 23.7 Å². The average molecular weight is 456 g/mol. The van der Waals surface area contributed by atoms with Crippen molar-refractivity contribution < 1.29 is 22.7 Å². The number of ether oxygens (including phenoxy) is 1. The van der Waals surface area contributed by atoms with E-state index >= 15 is 0 Å². The summed E-state index contributed by atoms with van der Waals surface area (Å²) in [6, 6.07) is 5.29. The van der Waals surface area contributed by atoms with E-state index < -0.39 is 22.1 Å². The van der Waals surface area contributed by atoms with Gasteiger partial charge in [-0.2, -0.15) is 4.72 Å². The van der Waals surface area contributed by atoms with Crippen molar-refractivity contribution in [1.29, 1.82) is 0 Å². The van der Waals surface area contributed by atoms with Gasteiger partial charge in [0.25, 0.3) is 0 Å². The molecule has 2 atom stereocenters. The lowest BCUT2D eigenvalue weighted by Crippen LogP contribution is -2.52. The molecule has 0 aliphatic carbocycles. The van der Waals surface area contributed by atoms with E-state index in [1.54, 1.807) is 43.0 Å². The Morgan fingerprint density at radius 2 is 1.87 bits per heavy atom. The lowest BCUT2D eigenvalue weighted by atomic mass is 10.1. The summed E-state index contributed by atoms with van der Waals surface area (Å²) in [5, 5.41) is 1.67. The molecule has 0 aromatic heterocycles. The third-order valence-electron chi connectivity index (χ3n) is 5.33. The van der Waals surface area contributed by atoms with Gasteiger partial charge in [0.1, 0.15) is 12.1 Å². The first kappa shape index (κ1) is 22.7. The Morgan fingerprint density at radius 3 is 2.50 bits per heavy atom. The van der Waals surface area contributed by atoms with Crippen molar-refractivity contribution in [2.24, 2.45) is 0 Å². The van der Waals surface area contributed by atoms with E-state index in [0.29, 0.717) is 55.4 Å². The molecule has 164 valence electrons. The van der Waals surface area contributed by atoms with Crippen molar-refractivity contribution in [3.05, 3.63) is 40.3 Å². The number of halogens is 1. The number of amides is 2. The molecule has 8 nitrogen and oxygen atoms in total. The van der Waals surface area contributed by atoms with Crippen LogP contribution >= 0.6 is 11.6 Å². The van der Waals surface area contributed by atoms with Crippen molar-refractivity contribution in [2.45, 2.75) is 32.4 Å². The van der Waals surface area contributed by atoms with E-state index in [0.717, 1.165) is 5.41 Å². The van der Waals surface area contributed by atoms with Crippen LogP contribution < -0.4 is 4.72 Å². The van der Waals surface area contributed by atoms with Gasteiger partial charge < -0.3 is 14.5 Å². The van der Waals surface area contributed by atoms with Crippen molar-refractivity contribution in [3.63, 3.8) is 0 Å². The second-order valence-corrected chi connectivity index (χ2v) is 9.46. The lowest BCUT2D eigenvalue weighted by Gasteiger charge is -2.32. The first-order valence-corrected chi connectivity index (χ1v) is 11.7. The number of likely N-dealkylation sites (tertiary alicyclic amines) is 1. The summed E-state index contributed by atoms with van der Waals surface area (Å²) < 4.78 is 32.8. The predicted molar refractivity (Wildman–Crippen MR) is 114 cm³/mol. The fourth-order valence-corrected chi connectivity index (χ4v) is 5.03. The molecule has 3 rings (SSSR count). The molecular weight excluding hydrogens is 430 g/mol. The third-order valence-corrected chi connectivity index (χ3v) is 6.85. The molecule has 1 N–H and O–H groups in total. The fourth-order valence-electron chi connectivity index (χ4n) is 3.62. The number of carbonyl (C=O) groups is 2. The van der Waals surface area contributed by atoms with E-state index in [9.17, 15) is 18.0 Å². The highest BCUT2D eigenvalue weighted by molar-refractivity contribution is 7.92. The molecule has 0 spiro atoms. The summed E-state index contributed by atoms with van der Waals surface area (Å²) in [5.74, 6) is -0.529. The van der Waals surface area contributed by atoms with Crippen LogP contribution in [0.3, 0.4) is 0 Å². The minimum Gasteiger partial charge on any atom is -0.378 e. The number of nitrogens with one attached hydrogen (secondary N) is 1. The molecule has 10 heteroatoms. The van der Waals surface area contributed by atoms with Crippen LogP contribution in [0.5, 0.6) is 0 Å². The van der Waals surface area contributed by atoms with Gasteiger partial charge >= 0.3 is 0 Å². The number of sulfonamides is 1. The van der Waals surface area contributed by atoms with E-state index in [1.165, 1.54) is 4.90 Å². The van der Waals surface area contributed by atoms with Crippen LogP contribution in [0.15, 0.2) is 29.7 Å². The van der Waals surface area contributed by atoms with Gasteiger partial charge in [-0.05, 0) is 43.5 Å². The van der Waals surface area contributed by atoms with Gasteiger partial charge in [0.2, 0.25) is 21.8 Å². The molecule has 0 saturated carbocycles. The summed E-state index contributed by atoms with van der Waals surface area (Å²) in [4.78, 5) is 28.6. The molecule has 2 amide bonds. The number of carbonyl (C=O) groups excluding carboxylic acids is 2. The molecular formula is C20H26ClN3O5S. The molecule has 0 radical (unpaired) electrons. The maximum absolute atomic E-state index is 12.8. The first-order chi connectivity index (χ1) is 14.2. The maximum atomic E-state index is 12.8. The smallest absolute Gasteiger partial charge is 0.245 e. The first-order valence-electron chi connectivity index (χ1n) is 9.81. The molecule has 2 fully saturated rings. The predicted octanol–water partition coefficient (Wildman–Crippen LogP) is 1.47. The van der Waals surface area contributed by atoms with Gasteiger partial charge in [-0.25, -0.2) is 8.42 Å². The van der Waals surface area contributed by atoms with Crippen LogP contribution in [0.4, 0.5) is 0 Å². The summed E-state index contributed by atoms with van der Waals surface area (Å²) in [6.07, 6.45) is 0.312. The summed E-state index contributed by atoms with van der Waals surface area (Å²) in [5.41, 5.74) is 1.24. The van der Waals surface area contributed by atoms with Crippen molar-refractivity contribution in [1.82, 2.24) is 14.5 Å². The Morgan fingerprint density at radius 1 is 1.23 bits per heavy atom. The van der Waals surface area contributed by atoms with Crippen LogP contribution in [0.2, 0.25) is 5.02 Å². The quantitative estimate of drug-likeness (QED) is 0.700. The zero-order valence-corrected chi connectivity index (χ0v) is 18.6. The zero-order chi connectivity index (χ0) is 21.9. The Kier molecular flexibility index (Phi) is 7.18. The van der Waals surface area contributed by atoms with Crippen molar-refractivity contribution in [3.8, 4) is 0 Å². The fraction of sp³-hybridized carbons (Fsp3) is 0.500. The highest BCUT2D eigenvalue weighted by Crippen LogP contribution is 2.20. The second kappa shape index (κ2) is 9.47. The molecule has 30 heavy (non-hydrogen) atoms. The second-order valence-electron chi connectivity index (χ2n) is 7.46. The maximum Gasteiger partial charge on any atom is 0.245 e. The van der Waals surface area contributed by atoms with Crippen LogP contribution in [0.25, 0.3) is 5.57 Å². The molecule has 2 heterocycles. The largest absolute Gasteiger partial charge is 0.378 e. The minimum absolute atomic E-state index is 0.145. The van der Waals surface area contributed by atoms with E-state index in [-0.39, 0.29) is 11.8 Å². The molecule has 1 aromatic carbocycles. The Labute approximate surface area is 181 Å². The van der Waals surface area contributed by atoms with Crippen molar-refractivity contribution in [2.75, 3.05) is 32.8 Å². The third kappa shape index (κ3) is 5.40. The SMILES string of the molecule is CC(=CS(=O)(=O)N[C@H]1CCN([C@@H](C)C(=O)N2CCOCC2)C1=O)c1ccc(Cl)cc1. The minimum atomic E-state index is -3.85. The Balaban J connectivity index is 1.64. The zero-order valence-electron chi connectivity index (χ0n) is 17.0. The number of rotatable bonds is 6. The van der Waals surface area contributed by atoms with E-state index in [4.69, 9.17) is 16.3 Å². The number of allylic oxidation sites excluding steroid dienone is 1. The highest BCUT2D eigenvalue weighted by atomic mass is 35.5. The molecule has 2 aliphatic heterocycles. The van der Waals surface area contributed by atoms with Crippen molar-refractivity contribution >= 4 is 39.0 Å². The Bertz CT molecular complexity index is 926. The molecule has 2 aliphatic rings. The van der Waals surface area contributed by atoms with Gasteiger partial charge in [0.05, 0.1) is 13.2 Å². The summed E-state index contributed by atoms with van der Waals surface area (Å²) in [7, 11) is -3.85. The van der Waals surface area contributed by atoms with Crippen LogP contribution in [-0.4, -0.2) is 75.0 Å². The topological polar surface area (TPSA) is 96.0 Å². The standard InChI is InChI=1S/C20H26ClN3O5S/c1-14(16-3-5-17(21)6-4-16)13-30(27,28)22-18-7-8-24(20(18)26)15(2)19(25)23-9-11-29-12-10-23/h3-6,13,15,18,22H,7-12H2,1-2H3/t15-,18-/m0/s1. The van der Waals surface area contributed by atoms with Crippen LogP contribution in [0.1, 0.15) is 25.8 Å². The van der Waals surface area contributed by atoms with Gasteiger partial charge in [0, 0.05) is 30.1 Å². The lowest BCUT2D eigenvalue weighted by molar-refractivity contribution is -0.146.